The Bertz CT molecular complexity index is 296. The fourth-order valence-corrected chi connectivity index (χ4v) is 1.81. The second-order valence-electron chi connectivity index (χ2n) is 3.63. The van der Waals surface area contributed by atoms with Crippen LogP contribution in [-0.2, 0) is 6.54 Å². The Balaban J connectivity index is 0.00000225. The summed E-state index contributed by atoms with van der Waals surface area (Å²) in [6.45, 7) is 7.92. The number of halogens is 1. The fourth-order valence-electron chi connectivity index (χ4n) is 1.15. The molecule has 5 heteroatoms. The van der Waals surface area contributed by atoms with Crippen molar-refractivity contribution in [2.75, 3.05) is 6.54 Å². The van der Waals surface area contributed by atoms with E-state index >= 15 is 0 Å². The van der Waals surface area contributed by atoms with Crippen molar-refractivity contribution < 1.29 is 0 Å². The predicted octanol–water partition coefficient (Wildman–Crippen LogP) is 2.83. The number of aliphatic imine (C=N–C) groups is 1. The molecule has 0 bridgehead atoms. The highest BCUT2D eigenvalue weighted by Gasteiger charge is 1.99. The van der Waals surface area contributed by atoms with Crippen molar-refractivity contribution in [2.24, 2.45) is 4.99 Å². The highest BCUT2D eigenvalue weighted by atomic mass is 127. The molecule has 1 aromatic heterocycles. The molecule has 0 atom stereocenters. The molecule has 3 nitrogen and oxygen atoms in total. The number of hydrogen-bond acceptors (Lipinski definition) is 2. The SMILES string of the molecule is CCNC(=NCc1ccsc1)NC(C)C.I. The zero-order valence-corrected chi connectivity index (χ0v) is 13.1. The molecule has 0 amide bonds. The zero-order valence-electron chi connectivity index (χ0n) is 9.99. The molecule has 1 aromatic rings. The lowest BCUT2D eigenvalue weighted by Crippen LogP contribution is -2.40. The maximum absolute atomic E-state index is 4.50. The number of nitrogens with one attached hydrogen (secondary N) is 2. The molecule has 0 saturated heterocycles. The third-order valence-electron chi connectivity index (χ3n) is 1.77. The Morgan fingerprint density at radius 1 is 1.50 bits per heavy atom. The van der Waals surface area contributed by atoms with Gasteiger partial charge in [0.2, 0.25) is 0 Å². The highest BCUT2D eigenvalue weighted by Crippen LogP contribution is 2.06. The Morgan fingerprint density at radius 3 is 2.75 bits per heavy atom. The smallest absolute Gasteiger partial charge is 0.191 e. The van der Waals surface area contributed by atoms with Crippen molar-refractivity contribution in [3.05, 3.63) is 22.4 Å². The van der Waals surface area contributed by atoms with Gasteiger partial charge in [-0.15, -0.1) is 24.0 Å². The largest absolute Gasteiger partial charge is 0.357 e. The van der Waals surface area contributed by atoms with Gasteiger partial charge in [0.25, 0.3) is 0 Å². The number of guanidine groups is 1. The Labute approximate surface area is 119 Å². The summed E-state index contributed by atoms with van der Waals surface area (Å²) in [6.07, 6.45) is 0. The quantitative estimate of drug-likeness (QED) is 0.496. The van der Waals surface area contributed by atoms with E-state index in [1.165, 1.54) is 5.56 Å². The van der Waals surface area contributed by atoms with E-state index in [-0.39, 0.29) is 24.0 Å². The van der Waals surface area contributed by atoms with Gasteiger partial charge in [-0.2, -0.15) is 11.3 Å². The molecule has 1 rings (SSSR count). The van der Waals surface area contributed by atoms with E-state index in [0.29, 0.717) is 6.04 Å². The highest BCUT2D eigenvalue weighted by molar-refractivity contribution is 14.0. The van der Waals surface area contributed by atoms with Crippen LogP contribution in [0.25, 0.3) is 0 Å². The number of thiophene rings is 1. The molecule has 0 unspecified atom stereocenters. The summed E-state index contributed by atoms with van der Waals surface area (Å²) < 4.78 is 0. The first kappa shape index (κ1) is 15.7. The lowest BCUT2D eigenvalue weighted by Gasteiger charge is -2.13. The van der Waals surface area contributed by atoms with Gasteiger partial charge in [-0.3, -0.25) is 0 Å². The van der Waals surface area contributed by atoms with Crippen LogP contribution in [0.3, 0.4) is 0 Å². The molecule has 0 fully saturated rings. The molecule has 92 valence electrons. The minimum atomic E-state index is 0. The van der Waals surface area contributed by atoms with Crippen LogP contribution in [0.4, 0.5) is 0 Å². The van der Waals surface area contributed by atoms with Crippen LogP contribution >= 0.6 is 35.3 Å². The van der Waals surface area contributed by atoms with Crippen molar-refractivity contribution in [2.45, 2.75) is 33.4 Å². The van der Waals surface area contributed by atoms with Gasteiger partial charge in [0, 0.05) is 12.6 Å². The zero-order chi connectivity index (χ0) is 11.1. The Kier molecular flexibility index (Phi) is 8.64. The molecule has 0 aliphatic heterocycles. The molecular weight excluding hydrogens is 333 g/mol. The van der Waals surface area contributed by atoms with E-state index in [1.807, 2.05) is 0 Å². The van der Waals surface area contributed by atoms with Crippen molar-refractivity contribution in [1.29, 1.82) is 0 Å². The number of rotatable bonds is 4. The van der Waals surface area contributed by atoms with E-state index in [9.17, 15) is 0 Å². The van der Waals surface area contributed by atoms with Crippen LogP contribution in [-0.4, -0.2) is 18.5 Å². The van der Waals surface area contributed by atoms with Crippen LogP contribution in [0, 0.1) is 0 Å². The van der Waals surface area contributed by atoms with Gasteiger partial charge in [-0.05, 0) is 43.2 Å². The van der Waals surface area contributed by atoms with E-state index in [0.717, 1.165) is 19.0 Å². The Morgan fingerprint density at radius 2 is 2.25 bits per heavy atom. The molecular formula is C11H20IN3S. The summed E-state index contributed by atoms with van der Waals surface area (Å²) in [6, 6.07) is 2.51. The average Bonchev–Trinajstić information content (AvgIpc) is 2.66. The van der Waals surface area contributed by atoms with Crippen LogP contribution in [0.15, 0.2) is 21.8 Å². The monoisotopic (exact) mass is 353 g/mol. The molecule has 0 aliphatic rings. The van der Waals surface area contributed by atoms with Crippen molar-refractivity contribution >= 4 is 41.3 Å². The number of nitrogens with zero attached hydrogens (tertiary/aromatic N) is 1. The molecule has 0 aromatic carbocycles. The molecule has 0 radical (unpaired) electrons. The van der Waals surface area contributed by atoms with Gasteiger partial charge in [0.15, 0.2) is 5.96 Å². The van der Waals surface area contributed by atoms with Crippen LogP contribution in [0.5, 0.6) is 0 Å². The molecule has 1 heterocycles. The van der Waals surface area contributed by atoms with Crippen LogP contribution in [0.2, 0.25) is 0 Å². The summed E-state index contributed by atoms with van der Waals surface area (Å²) >= 11 is 1.71. The molecule has 0 saturated carbocycles. The summed E-state index contributed by atoms with van der Waals surface area (Å²) in [7, 11) is 0. The topological polar surface area (TPSA) is 36.4 Å². The summed E-state index contributed by atoms with van der Waals surface area (Å²) in [5, 5.41) is 10.7. The molecule has 16 heavy (non-hydrogen) atoms. The normalized spacial score (nSPS) is 11.1. The first-order chi connectivity index (χ1) is 7.22. The van der Waals surface area contributed by atoms with Crippen LogP contribution < -0.4 is 10.6 Å². The van der Waals surface area contributed by atoms with Gasteiger partial charge >= 0.3 is 0 Å². The maximum Gasteiger partial charge on any atom is 0.191 e. The predicted molar refractivity (Wildman–Crippen MR) is 82.8 cm³/mol. The van der Waals surface area contributed by atoms with E-state index in [4.69, 9.17) is 0 Å². The van der Waals surface area contributed by atoms with Gasteiger partial charge in [0.05, 0.1) is 6.54 Å². The lowest BCUT2D eigenvalue weighted by atomic mass is 10.3. The molecule has 0 spiro atoms. The second-order valence-corrected chi connectivity index (χ2v) is 4.41. The van der Waals surface area contributed by atoms with E-state index in [2.05, 4.69) is 53.2 Å². The molecule has 2 N–H and O–H groups in total. The summed E-state index contributed by atoms with van der Waals surface area (Å²) in [5.74, 6) is 0.888. The Hall–Kier alpha value is -0.300. The summed E-state index contributed by atoms with van der Waals surface area (Å²) in [4.78, 5) is 4.50. The van der Waals surface area contributed by atoms with Crippen LogP contribution in [0.1, 0.15) is 26.3 Å². The first-order valence-corrected chi connectivity index (χ1v) is 6.22. The third kappa shape index (κ3) is 6.32. The van der Waals surface area contributed by atoms with Crippen molar-refractivity contribution in [1.82, 2.24) is 10.6 Å². The molecule has 0 aliphatic carbocycles. The average molecular weight is 353 g/mol. The van der Waals surface area contributed by atoms with Gasteiger partial charge in [0.1, 0.15) is 0 Å². The van der Waals surface area contributed by atoms with Crippen molar-refractivity contribution in [3.63, 3.8) is 0 Å². The minimum absolute atomic E-state index is 0. The van der Waals surface area contributed by atoms with Crippen molar-refractivity contribution in [3.8, 4) is 0 Å². The summed E-state index contributed by atoms with van der Waals surface area (Å²) in [5.41, 5.74) is 1.26. The minimum Gasteiger partial charge on any atom is -0.357 e. The first-order valence-electron chi connectivity index (χ1n) is 5.28. The standard InChI is InChI=1S/C11H19N3S.HI/c1-4-12-11(14-9(2)3)13-7-10-5-6-15-8-10;/h5-6,8-9H,4,7H2,1-3H3,(H2,12,13,14);1H. The maximum atomic E-state index is 4.50. The third-order valence-corrected chi connectivity index (χ3v) is 2.50. The van der Waals surface area contributed by atoms with Gasteiger partial charge in [-0.1, -0.05) is 0 Å². The second kappa shape index (κ2) is 8.81. The van der Waals surface area contributed by atoms with Gasteiger partial charge in [-0.25, -0.2) is 4.99 Å². The lowest BCUT2D eigenvalue weighted by molar-refractivity contribution is 0.701. The number of hydrogen-bond donors (Lipinski definition) is 2. The van der Waals surface area contributed by atoms with E-state index in [1.54, 1.807) is 11.3 Å². The van der Waals surface area contributed by atoms with E-state index < -0.39 is 0 Å². The fraction of sp³-hybridized carbons (Fsp3) is 0.545. The van der Waals surface area contributed by atoms with Gasteiger partial charge < -0.3 is 10.6 Å².